The van der Waals surface area contributed by atoms with E-state index in [1.165, 1.54) is 0 Å². The van der Waals surface area contributed by atoms with Gasteiger partial charge in [-0.3, -0.25) is 0 Å². The smallest absolute Gasteiger partial charge is 0.0611 e. The van der Waals surface area contributed by atoms with Crippen molar-refractivity contribution in [2.75, 3.05) is 6.61 Å². The molecule has 2 nitrogen and oxygen atoms in total. The third-order valence-corrected chi connectivity index (χ3v) is 4.80. The van der Waals surface area contributed by atoms with E-state index < -0.39 is 0 Å². The Labute approximate surface area is 98.0 Å². The van der Waals surface area contributed by atoms with Crippen LogP contribution in [-0.2, 0) is 0 Å². The first-order valence-electron chi connectivity index (χ1n) is 5.83. The summed E-state index contributed by atoms with van der Waals surface area (Å²) in [5.41, 5.74) is 5.84. The molecule has 0 spiro atoms. The van der Waals surface area contributed by atoms with Crippen LogP contribution in [0.2, 0.25) is 0 Å². The van der Waals surface area contributed by atoms with Gasteiger partial charge in [0, 0.05) is 15.5 Å². The molecule has 0 saturated heterocycles. The summed E-state index contributed by atoms with van der Waals surface area (Å²) in [6.45, 7) is 9.17. The lowest BCUT2D eigenvalue weighted by Crippen LogP contribution is -2.50. The van der Waals surface area contributed by atoms with E-state index in [4.69, 9.17) is 5.73 Å². The molecule has 1 aliphatic carbocycles. The average Bonchev–Trinajstić information content (AvgIpc) is 2.09. The molecule has 3 atom stereocenters. The molecule has 3 N–H and O–H groups in total. The lowest BCUT2D eigenvalue weighted by molar-refractivity contribution is 0.143. The van der Waals surface area contributed by atoms with Gasteiger partial charge in [0.15, 0.2) is 0 Å². The first-order chi connectivity index (χ1) is 6.76. The number of thioether (sulfide) groups is 1. The Morgan fingerprint density at radius 2 is 2.07 bits per heavy atom. The van der Waals surface area contributed by atoms with Gasteiger partial charge in [-0.15, -0.1) is 0 Å². The Hall–Kier alpha value is 0.270. The van der Waals surface area contributed by atoms with Crippen LogP contribution in [0, 0.1) is 5.92 Å². The zero-order valence-corrected chi connectivity index (χ0v) is 11.2. The summed E-state index contributed by atoms with van der Waals surface area (Å²) >= 11 is 2.01. The fourth-order valence-corrected chi connectivity index (χ4v) is 3.85. The molecule has 0 heterocycles. The molecule has 1 fully saturated rings. The molecule has 0 aromatic carbocycles. The standard InChI is InChI=1S/C12H25NOS/c1-9-5-6-12(13,8-14)7-10(9)15-11(2,3)4/h9-10,14H,5-8,13H2,1-4H3. The van der Waals surface area contributed by atoms with E-state index in [1.54, 1.807) is 0 Å². The monoisotopic (exact) mass is 231 g/mol. The van der Waals surface area contributed by atoms with Crippen LogP contribution in [0.1, 0.15) is 47.0 Å². The minimum Gasteiger partial charge on any atom is -0.394 e. The SMILES string of the molecule is CC1CCC(N)(CO)CC1SC(C)(C)C. The fourth-order valence-electron chi connectivity index (χ4n) is 2.16. The molecule has 1 rings (SSSR count). The Morgan fingerprint density at radius 1 is 1.47 bits per heavy atom. The van der Waals surface area contributed by atoms with Gasteiger partial charge in [-0.25, -0.2) is 0 Å². The van der Waals surface area contributed by atoms with Gasteiger partial charge in [-0.05, 0) is 25.2 Å². The normalized spacial score (nSPS) is 38.0. The molecule has 0 aliphatic heterocycles. The minimum atomic E-state index is -0.324. The quantitative estimate of drug-likeness (QED) is 0.767. The molecule has 15 heavy (non-hydrogen) atoms. The molecule has 1 saturated carbocycles. The Morgan fingerprint density at radius 3 is 2.53 bits per heavy atom. The summed E-state index contributed by atoms with van der Waals surface area (Å²) in [7, 11) is 0. The number of rotatable bonds is 2. The molecule has 90 valence electrons. The van der Waals surface area contributed by atoms with Crippen molar-refractivity contribution in [3.63, 3.8) is 0 Å². The first kappa shape index (κ1) is 13.3. The average molecular weight is 231 g/mol. The summed E-state index contributed by atoms with van der Waals surface area (Å²) in [5.74, 6) is 0.720. The number of hydrogen-bond donors (Lipinski definition) is 2. The van der Waals surface area contributed by atoms with Gasteiger partial charge in [0.05, 0.1) is 6.61 Å². The molecular weight excluding hydrogens is 206 g/mol. The molecule has 0 aromatic heterocycles. The highest BCUT2D eigenvalue weighted by atomic mass is 32.2. The van der Waals surface area contributed by atoms with Crippen LogP contribution in [0.25, 0.3) is 0 Å². The summed E-state index contributed by atoms with van der Waals surface area (Å²) in [6.07, 6.45) is 3.06. The number of aliphatic hydroxyl groups excluding tert-OH is 1. The van der Waals surface area contributed by atoms with E-state index in [1.807, 2.05) is 11.8 Å². The highest BCUT2D eigenvalue weighted by Gasteiger charge is 2.37. The van der Waals surface area contributed by atoms with Crippen LogP contribution in [-0.4, -0.2) is 27.2 Å². The Balaban J connectivity index is 2.62. The first-order valence-corrected chi connectivity index (χ1v) is 6.71. The van der Waals surface area contributed by atoms with Crippen molar-refractivity contribution in [3.8, 4) is 0 Å². The summed E-state index contributed by atoms with van der Waals surface area (Å²) < 4.78 is 0.284. The van der Waals surface area contributed by atoms with Crippen LogP contribution < -0.4 is 5.73 Å². The zero-order chi connectivity index (χ0) is 11.7. The van der Waals surface area contributed by atoms with E-state index in [-0.39, 0.29) is 16.9 Å². The third-order valence-electron chi connectivity index (χ3n) is 3.16. The predicted molar refractivity (Wildman–Crippen MR) is 68.2 cm³/mol. The second-order valence-electron chi connectivity index (χ2n) is 6.01. The number of aliphatic hydroxyl groups is 1. The molecule has 0 bridgehead atoms. The van der Waals surface area contributed by atoms with Gasteiger partial charge in [-0.1, -0.05) is 27.7 Å². The van der Waals surface area contributed by atoms with Gasteiger partial charge in [0.2, 0.25) is 0 Å². The van der Waals surface area contributed by atoms with Crippen molar-refractivity contribution in [2.45, 2.75) is 62.5 Å². The second-order valence-corrected chi connectivity index (χ2v) is 8.08. The minimum absolute atomic E-state index is 0.126. The molecule has 1 aliphatic rings. The highest BCUT2D eigenvalue weighted by Crippen LogP contribution is 2.42. The third kappa shape index (κ3) is 3.97. The molecule has 0 radical (unpaired) electrons. The summed E-state index contributed by atoms with van der Waals surface area (Å²) in [4.78, 5) is 0. The van der Waals surface area contributed by atoms with E-state index in [9.17, 15) is 5.11 Å². The van der Waals surface area contributed by atoms with Crippen molar-refractivity contribution in [3.05, 3.63) is 0 Å². The number of hydrogen-bond acceptors (Lipinski definition) is 3. The summed E-state index contributed by atoms with van der Waals surface area (Å²) in [6, 6.07) is 0. The van der Waals surface area contributed by atoms with E-state index >= 15 is 0 Å². The van der Waals surface area contributed by atoms with E-state index in [0.29, 0.717) is 5.25 Å². The molecule has 3 unspecified atom stereocenters. The Bertz CT molecular complexity index is 214. The van der Waals surface area contributed by atoms with Gasteiger partial charge in [0.25, 0.3) is 0 Å². The van der Waals surface area contributed by atoms with Crippen molar-refractivity contribution < 1.29 is 5.11 Å². The van der Waals surface area contributed by atoms with Gasteiger partial charge < -0.3 is 10.8 Å². The van der Waals surface area contributed by atoms with Crippen LogP contribution in [0.15, 0.2) is 0 Å². The number of nitrogens with two attached hydrogens (primary N) is 1. The van der Waals surface area contributed by atoms with Crippen LogP contribution in [0.3, 0.4) is 0 Å². The van der Waals surface area contributed by atoms with Gasteiger partial charge in [-0.2, -0.15) is 11.8 Å². The van der Waals surface area contributed by atoms with Crippen molar-refractivity contribution in [2.24, 2.45) is 11.7 Å². The second kappa shape index (κ2) is 4.64. The molecule has 0 aromatic rings. The Kier molecular flexibility index (Phi) is 4.13. The zero-order valence-electron chi connectivity index (χ0n) is 10.4. The predicted octanol–water partition coefficient (Wildman–Crippen LogP) is 2.40. The van der Waals surface area contributed by atoms with Crippen LogP contribution >= 0.6 is 11.8 Å². The van der Waals surface area contributed by atoms with Crippen molar-refractivity contribution in [1.82, 2.24) is 0 Å². The maximum Gasteiger partial charge on any atom is 0.0611 e. The molecular formula is C12H25NOS. The lowest BCUT2D eigenvalue weighted by atomic mass is 9.78. The van der Waals surface area contributed by atoms with E-state index in [2.05, 4.69) is 27.7 Å². The maximum atomic E-state index is 9.32. The fraction of sp³-hybridized carbons (Fsp3) is 1.00. The molecule has 0 amide bonds. The van der Waals surface area contributed by atoms with Gasteiger partial charge >= 0.3 is 0 Å². The van der Waals surface area contributed by atoms with Crippen molar-refractivity contribution in [1.29, 1.82) is 0 Å². The maximum absolute atomic E-state index is 9.32. The summed E-state index contributed by atoms with van der Waals surface area (Å²) in [5, 5.41) is 9.91. The van der Waals surface area contributed by atoms with Gasteiger partial charge in [0.1, 0.15) is 0 Å². The van der Waals surface area contributed by atoms with Crippen LogP contribution in [0.5, 0.6) is 0 Å². The lowest BCUT2D eigenvalue weighted by Gasteiger charge is -2.42. The highest BCUT2D eigenvalue weighted by molar-refractivity contribution is 8.01. The topological polar surface area (TPSA) is 46.2 Å². The molecule has 3 heteroatoms. The van der Waals surface area contributed by atoms with Crippen LogP contribution in [0.4, 0.5) is 0 Å². The largest absolute Gasteiger partial charge is 0.394 e. The van der Waals surface area contributed by atoms with Crippen molar-refractivity contribution >= 4 is 11.8 Å². The van der Waals surface area contributed by atoms with E-state index in [0.717, 1.165) is 25.2 Å².